The maximum Gasteiger partial charge on any atom is 0.353 e. The van der Waals surface area contributed by atoms with E-state index in [0.717, 1.165) is 5.56 Å². The third-order valence-electron chi connectivity index (χ3n) is 2.75. The molecule has 0 saturated carbocycles. The van der Waals surface area contributed by atoms with Gasteiger partial charge < -0.3 is 10.1 Å². The molecule has 2 heterocycles. The molecule has 0 unspecified atom stereocenters. The summed E-state index contributed by atoms with van der Waals surface area (Å²) in [5.74, 6) is -0.111. The van der Waals surface area contributed by atoms with Crippen LogP contribution in [0.3, 0.4) is 0 Å². The molecule has 0 aliphatic carbocycles. The third kappa shape index (κ3) is 3.44. The van der Waals surface area contributed by atoms with Crippen molar-refractivity contribution in [2.75, 3.05) is 0 Å². The summed E-state index contributed by atoms with van der Waals surface area (Å²) in [6, 6.07) is 10.4. The predicted octanol–water partition coefficient (Wildman–Crippen LogP) is 3.46. The average molecular weight is 347 g/mol. The number of hydrogen-bond acceptors (Lipinski definition) is 6. The molecule has 1 N–H and O–H groups in total. The lowest BCUT2D eigenvalue weighted by Gasteiger charge is -2.03. The predicted molar refractivity (Wildman–Crippen MR) is 92.0 cm³/mol. The van der Waals surface area contributed by atoms with Crippen molar-refractivity contribution < 1.29 is 14.3 Å². The number of hydrogen-bond donors (Lipinski definition) is 1. The second-order valence-electron chi connectivity index (χ2n) is 4.29. The molecule has 7 heteroatoms. The van der Waals surface area contributed by atoms with Gasteiger partial charge >= 0.3 is 5.97 Å². The second kappa shape index (κ2) is 6.43. The first kappa shape index (κ1) is 15.0. The molecule has 2 aromatic rings. The summed E-state index contributed by atoms with van der Waals surface area (Å²) in [5.41, 5.74) is 0.832. The van der Waals surface area contributed by atoms with Gasteiger partial charge in [0, 0.05) is 0 Å². The minimum absolute atomic E-state index is 0.191. The van der Waals surface area contributed by atoms with E-state index in [1.807, 2.05) is 5.38 Å². The molecule has 1 aromatic heterocycles. The van der Waals surface area contributed by atoms with Gasteiger partial charge in [0.2, 0.25) is 0 Å². The van der Waals surface area contributed by atoms with Crippen LogP contribution in [0.2, 0.25) is 0 Å². The number of carbonyl (C=O) groups excluding carboxylic acids is 2. The van der Waals surface area contributed by atoms with Crippen molar-refractivity contribution in [3.8, 4) is 5.75 Å². The van der Waals surface area contributed by atoms with Gasteiger partial charge in [-0.15, -0.1) is 11.3 Å². The van der Waals surface area contributed by atoms with Crippen LogP contribution in [0.4, 0.5) is 0 Å². The number of rotatable bonds is 3. The molecule has 1 aliphatic rings. The smallest absolute Gasteiger partial charge is 0.353 e. The molecule has 1 amide bonds. The molecule has 4 nitrogen and oxygen atoms in total. The van der Waals surface area contributed by atoms with Gasteiger partial charge in [-0.1, -0.05) is 42.2 Å². The van der Waals surface area contributed by atoms with Gasteiger partial charge in [0.15, 0.2) is 0 Å². The summed E-state index contributed by atoms with van der Waals surface area (Å²) in [4.78, 5) is 24.5. The minimum Gasteiger partial charge on any atom is -0.422 e. The zero-order valence-corrected chi connectivity index (χ0v) is 13.5. The van der Waals surface area contributed by atoms with E-state index in [4.69, 9.17) is 17.0 Å². The Balaban J connectivity index is 1.71. The molecule has 0 atom stereocenters. The number of thiocarbonyl (C=S) groups is 1. The molecule has 3 rings (SSSR count). The van der Waals surface area contributed by atoms with Gasteiger partial charge in [0.25, 0.3) is 5.91 Å². The van der Waals surface area contributed by atoms with E-state index < -0.39 is 0 Å². The van der Waals surface area contributed by atoms with Crippen LogP contribution in [-0.4, -0.2) is 16.2 Å². The van der Waals surface area contributed by atoms with Gasteiger partial charge in [0.05, 0.1) is 4.91 Å². The zero-order valence-electron chi connectivity index (χ0n) is 11.1. The number of ether oxygens (including phenoxy) is 1. The van der Waals surface area contributed by atoms with Crippen LogP contribution in [0.5, 0.6) is 5.75 Å². The number of benzene rings is 1. The fourth-order valence-corrected chi connectivity index (χ4v) is 3.40. The molecule has 0 spiro atoms. The van der Waals surface area contributed by atoms with Gasteiger partial charge in [-0.2, -0.15) is 0 Å². The van der Waals surface area contributed by atoms with Crippen molar-refractivity contribution in [2.24, 2.45) is 0 Å². The normalized spacial score (nSPS) is 15.9. The highest BCUT2D eigenvalue weighted by Crippen LogP contribution is 2.26. The topological polar surface area (TPSA) is 55.4 Å². The van der Waals surface area contributed by atoms with Gasteiger partial charge in [0.1, 0.15) is 14.9 Å². The minimum atomic E-state index is -0.378. The van der Waals surface area contributed by atoms with Gasteiger partial charge in [-0.05, 0) is 35.2 Å². The molecule has 22 heavy (non-hydrogen) atoms. The SMILES string of the molecule is O=C1NC(=S)SC1=Cc1ccc(OC(=O)c2cccs2)cc1. The summed E-state index contributed by atoms with van der Waals surface area (Å²) in [6.45, 7) is 0. The van der Waals surface area contributed by atoms with Gasteiger partial charge in [-0.25, -0.2) is 4.79 Å². The molecule has 110 valence electrons. The molecular weight excluding hydrogens is 338 g/mol. The Bertz CT molecular complexity index is 764. The van der Waals surface area contributed by atoms with Crippen LogP contribution in [-0.2, 0) is 4.79 Å². The van der Waals surface area contributed by atoms with Crippen molar-refractivity contribution in [3.05, 3.63) is 57.1 Å². The number of carbonyl (C=O) groups is 2. The first-order valence-electron chi connectivity index (χ1n) is 6.22. The maximum atomic E-state index is 11.8. The molecule has 0 bridgehead atoms. The van der Waals surface area contributed by atoms with E-state index in [1.54, 1.807) is 42.5 Å². The van der Waals surface area contributed by atoms with E-state index in [2.05, 4.69) is 5.32 Å². The van der Waals surface area contributed by atoms with E-state index in [1.165, 1.54) is 23.1 Å². The van der Waals surface area contributed by atoms with Crippen LogP contribution in [0.1, 0.15) is 15.2 Å². The van der Waals surface area contributed by atoms with Crippen LogP contribution in [0.15, 0.2) is 46.7 Å². The lowest BCUT2D eigenvalue weighted by atomic mass is 10.2. The van der Waals surface area contributed by atoms with E-state index in [-0.39, 0.29) is 11.9 Å². The summed E-state index contributed by atoms with van der Waals surface area (Å²) in [5, 5.41) is 4.38. The second-order valence-corrected chi connectivity index (χ2v) is 6.95. The van der Waals surface area contributed by atoms with E-state index in [9.17, 15) is 9.59 Å². The molecule has 1 saturated heterocycles. The first-order chi connectivity index (χ1) is 10.6. The lowest BCUT2D eigenvalue weighted by molar-refractivity contribution is -0.115. The Morgan fingerprint density at radius 3 is 2.59 bits per heavy atom. The quantitative estimate of drug-likeness (QED) is 0.399. The Labute approximate surface area is 140 Å². The number of thiophene rings is 1. The largest absolute Gasteiger partial charge is 0.422 e. The Morgan fingerprint density at radius 1 is 1.23 bits per heavy atom. The van der Waals surface area contributed by atoms with Crippen LogP contribution >= 0.6 is 35.3 Å². The molecular formula is C15H9NO3S3. The molecule has 1 aliphatic heterocycles. The monoisotopic (exact) mass is 347 g/mol. The molecule has 1 aromatic carbocycles. The highest BCUT2D eigenvalue weighted by Gasteiger charge is 2.21. The molecule has 1 fully saturated rings. The van der Waals surface area contributed by atoms with Gasteiger partial charge in [-0.3, -0.25) is 4.79 Å². The maximum absolute atomic E-state index is 11.8. The summed E-state index contributed by atoms with van der Waals surface area (Å²) in [7, 11) is 0. The van der Waals surface area contributed by atoms with Crippen molar-refractivity contribution in [2.45, 2.75) is 0 Å². The number of nitrogens with one attached hydrogen (secondary N) is 1. The zero-order chi connectivity index (χ0) is 15.5. The summed E-state index contributed by atoms with van der Waals surface area (Å²) < 4.78 is 5.72. The Kier molecular flexibility index (Phi) is 4.37. The highest BCUT2D eigenvalue weighted by atomic mass is 32.2. The fourth-order valence-electron chi connectivity index (χ4n) is 1.76. The summed E-state index contributed by atoms with van der Waals surface area (Å²) in [6.07, 6.45) is 1.74. The first-order valence-corrected chi connectivity index (χ1v) is 8.33. The highest BCUT2D eigenvalue weighted by molar-refractivity contribution is 8.26. The lowest BCUT2D eigenvalue weighted by Crippen LogP contribution is -2.17. The van der Waals surface area contributed by atoms with Crippen LogP contribution in [0, 0.1) is 0 Å². The van der Waals surface area contributed by atoms with Crippen molar-refractivity contribution in [1.82, 2.24) is 5.32 Å². The van der Waals surface area contributed by atoms with Crippen LogP contribution in [0.25, 0.3) is 6.08 Å². The third-order valence-corrected chi connectivity index (χ3v) is 4.77. The average Bonchev–Trinajstić information content (AvgIpc) is 3.12. The Hall–Kier alpha value is -1.96. The number of thioether (sulfide) groups is 1. The van der Waals surface area contributed by atoms with E-state index in [0.29, 0.717) is 19.9 Å². The van der Waals surface area contributed by atoms with Crippen molar-refractivity contribution in [3.63, 3.8) is 0 Å². The van der Waals surface area contributed by atoms with Crippen molar-refractivity contribution in [1.29, 1.82) is 0 Å². The molecule has 0 radical (unpaired) electrons. The standard InChI is InChI=1S/C15H9NO3S3/c17-13-12(22-15(20)16-13)8-9-3-5-10(6-4-9)19-14(18)11-2-1-7-21-11/h1-8H,(H,16,17,20). The Morgan fingerprint density at radius 2 is 2.00 bits per heavy atom. The van der Waals surface area contributed by atoms with Crippen LogP contribution < -0.4 is 10.1 Å². The number of esters is 1. The summed E-state index contributed by atoms with van der Waals surface area (Å²) >= 11 is 7.49. The van der Waals surface area contributed by atoms with Crippen molar-refractivity contribution >= 4 is 57.6 Å². The fraction of sp³-hybridized carbons (Fsp3) is 0. The van der Waals surface area contributed by atoms with E-state index >= 15 is 0 Å². The number of amides is 1.